The van der Waals surface area contributed by atoms with E-state index in [1.807, 2.05) is 66.7 Å². The number of para-hydroxylation sites is 2. The molecule has 2 heteroatoms. The molecule has 2 aliphatic rings. The van der Waals surface area contributed by atoms with Crippen molar-refractivity contribution in [1.82, 2.24) is 0 Å². The average molecular weight is 774 g/mol. The van der Waals surface area contributed by atoms with Crippen LogP contribution in [-0.4, -0.2) is 0 Å². The minimum Gasteiger partial charge on any atom is -0.311 e. The van der Waals surface area contributed by atoms with Crippen molar-refractivity contribution >= 4 is 34.1 Å². The largest absolute Gasteiger partial charge is 0.311 e. The Balaban J connectivity index is 1.08. The maximum Gasteiger partial charge on any atom is 0.0713 e. The molecule has 0 saturated carbocycles. The number of nitrogens with zero attached hydrogens (tertiary/aromatic N) is 2. The fraction of sp³-hybridized carbons (Fsp3) is 0.0690. The SMILES string of the molecule is [2H]c1c([2H])c([2H])c(N(c2ccc(-c3ccccc3)cc2)c2ccc(N3c4ccccc4C(C)(C)c4cc(C5(c6ccccc6)c6ccccc6-c6ccccc65)ccc43)cc2)c([2H])c1[2H]. The Hall–Kier alpha value is -7.42. The van der Waals surface area contributed by atoms with Crippen LogP contribution in [0.4, 0.5) is 34.1 Å². The van der Waals surface area contributed by atoms with Gasteiger partial charge in [0, 0.05) is 28.2 Å². The predicted octanol–water partition coefficient (Wildman–Crippen LogP) is 15.3. The van der Waals surface area contributed by atoms with Gasteiger partial charge in [0.25, 0.3) is 0 Å². The molecule has 0 saturated heterocycles. The fourth-order valence-electron chi connectivity index (χ4n) is 9.87. The van der Waals surface area contributed by atoms with Crippen LogP contribution in [-0.2, 0) is 10.8 Å². The van der Waals surface area contributed by atoms with E-state index in [0.29, 0.717) is 11.4 Å². The van der Waals surface area contributed by atoms with E-state index >= 15 is 0 Å². The third-order valence-corrected chi connectivity index (χ3v) is 12.6. The number of benzene rings is 9. The Morgan fingerprint density at radius 1 is 0.417 bits per heavy atom. The van der Waals surface area contributed by atoms with Crippen molar-refractivity contribution in [2.24, 2.45) is 0 Å². The summed E-state index contributed by atoms with van der Waals surface area (Å²) in [7, 11) is 0. The van der Waals surface area contributed by atoms with Gasteiger partial charge in [-0.05, 0) is 116 Å². The lowest BCUT2D eigenvalue weighted by Gasteiger charge is -2.43. The van der Waals surface area contributed by atoms with Gasteiger partial charge in [0.1, 0.15) is 0 Å². The lowest BCUT2D eigenvalue weighted by Crippen LogP contribution is -2.33. The molecule has 0 fully saturated rings. The maximum absolute atomic E-state index is 9.05. The zero-order chi connectivity index (χ0) is 44.6. The molecular weight excluding hydrogens is 725 g/mol. The van der Waals surface area contributed by atoms with Crippen LogP contribution in [0.25, 0.3) is 22.3 Å². The summed E-state index contributed by atoms with van der Waals surface area (Å²) in [5.74, 6) is 0. The van der Waals surface area contributed by atoms with Crippen LogP contribution in [0.5, 0.6) is 0 Å². The molecule has 0 spiro atoms. The van der Waals surface area contributed by atoms with E-state index in [2.05, 4.69) is 152 Å². The highest BCUT2D eigenvalue weighted by Crippen LogP contribution is 2.59. The first kappa shape index (κ1) is 30.6. The van der Waals surface area contributed by atoms with Crippen LogP contribution in [0.15, 0.2) is 230 Å². The highest BCUT2D eigenvalue weighted by Gasteiger charge is 2.47. The predicted molar refractivity (Wildman–Crippen MR) is 251 cm³/mol. The van der Waals surface area contributed by atoms with Crippen molar-refractivity contribution in [2.45, 2.75) is 24.7 Å². The van der Waals surface area contributed by atoms with Crippen LogP contribution < -0.4 is 9.80 Å². The van der Waals surface area contributed by atoms with E-state index in [-0.39, 0.29) is 35.3 Å². The molecular formula is C58H44N2. The Morgan fingerprint density at radius 3 is 1.58 bits per heavy atom. The highest BCUT2D eigenvalue weighted by molar-refractivity contribution is 5.90. The zero-order valence-electron chi connectivity index (χ0n) is 38.4. The van der Waals surface area contributed by atoms with Crippen LogP contribution in [0.2, 0.25) is 0 Å². The van der Waals surface area contributed by atoms with Crippen LogP contribution >= 0.6 is 0 Å². The molecule has 0 radical (unpaired) electrons. The molecule has 0 bridgehead atoms. The topological polar surface area (TPSA) is 6.48 Å². The van der Waals surface area contributed by atoms with Crippen molar-refractivity contribution in [1.29, 1.82) is 0 Å². The second kappa shape index (κ2) is 14.1. The molecule has 286 valence electrons. The first-order valence-electron chi connectivity index (χ1n) is 23.0. The van der Waals surface area contributed by atoms with Gasteiger partial charge in [-0.1, -0.05) is 184 Å². The van der Waals surface area contributed by atoms with Gasteiger partial charge in [-0.25, -0.2) is 0 Å². The van der Waals surface area contributed by atoms with Gasteiger partial charge in [0.15, 0.2) is 0 Å². The second-order valence-corrected chi connectivity index (χ2v) is 16.2. The zero-order valence-corrected chi connectivity index (χ0v) is 33.4. The number of hydrogen-bond donors (Lipinski definition) is 0. The van der Waals surface area contributed by atoms with Gasteiger partial charge >= 0.3 is 0 Å². The van der Waals surface area contributed by atoms with E-state index in [0.717, 1.165) is 28.2 Å². The van der Waals surface area contributed by atoms with Gasteiger partial charge in [-0.15, -0.1) is 0 Å². The Morgan fingerprint density at radius 2 is 0.933 bits per heavy atom. The first-order chi connectivity index (χ1) is 31.6. The average Bonchev–Trinajstić information content (AvgIpc) is 3.66. The molecule has 0 unspecified atom stereocenters. The third-order valence-electron chi connectivity index (χ3n) is 12.6. The summed E-state index contributed by atoms with van der Waals surface area (Å²) in [5, 5.41) is 0. The van der Waals surface area contributed by atoms with Crippen molar-refractivity contribution in [3.05, 3.63) is 264 Å². The van der Waals surface area contributed by atoms with E-state index in [1.54, 1.807) is 4.90 Å². The van der Waals surface area contributed by atoms with Crippen LogP contribution in [0, 0.1) is 0 Å². The van der Waals surface area contributed by atoms with Crippen molar-refractivity contribution in [3.8, 4) is 22.3 Å². The smallest absolute Gasteiger partial charge is 0.0713 e. The van der Waals surface area contributed by atoms with Crippen molar-refractivity contribution < 1.29 is 6.85 Å². The van der Waals surface area contributed by atoms with Gasteiger partial charge in [0.05, 0.1) is 23.6 Å². The minimum atomic E-state index is -0.546. The van der Waals surface area contributed by atoms with Crippen molar-refractivity contribution in [2.75, 3.05) is 9.80 Å². The Kier molecular flexibility index (Phi) is 7.22. The first-order valence-corrected chi connectivity index (χ1v) is 20.5. The normalized spacial score (nSPS) is 15.2. The standard InChI is InChI=1S/C58H44N2/c1-57(2)53-28-16-17-29-55(53)60(48-37-35-47(36-38-48)59(45-22-10-5-11-23-45)46-33-30-42(31-34-46)41-18-6-3-7-19-41)56-39-32-44(40-54(56)57)58(43-20-8-4-9-21-43)51-26-14-12-24-49(51)50-25-13-15-27-52(50)58/h3-40H,1-2H3/i5D,10D,11D,22D,23D. The summed E-state index contributed by atoms with van der Waals surface area (Å²) in [6.07, 6.45) is 0. The van der Waals surface area contributed by atoms with E-state index in [9.17, 15) is 0 Å². The minimum absolute atomic E-state index is 0.0848. The maximum atomic E-state index is 9.05. The summed E-state index contributed by atoms with van der Waals surface area (Å²) in [4.78, 5) is 4.10. The second-order valence-electron chi connectivity index (χ2n) is 16.2. The molecule has 9 aromatic rings. The molecule has 0 amide bonds. The lowest BCUT2D eigenvalue weighted by atomic mass is 9.65. The van der Waals surface area contributed by atoms with Gasteiger partial charge in [-0.2, -0.15) is 0 Å². The fourth-order valence-corrected chi connectivity index (χ4v) is 9.87. The molecule has 1 aliphatic carbocycles. The molecule has 11 rings (SSSR count). The van der Waals surface area contributed by atoms with Crippen LogP contribution in [0.1, 0.15) is 54.1 Å². The lowest BCUT2D eigenvalue weighted by molar-refractivity contribution is 0.627. The molecule has 1 aliphatic heterocycles. The summed E-state index contributed by atoms with van der Waals surface area (Å²) in [6.45, 7) is 4.64. The molecule has 60 heavy (non-hydrogen) atoms. The Labute approximate surface area is 360 Å². The molecule has 2 nitrogen and oxygen atoms in total. The molecule has 0 atom stereocenters. The number of rotatable bonds is 7. The van der Waals surface area contributed by atoms with Gasteiger partial charge in [-0.3, -0.25) is 0 Å². The number of anilines is 6. The monoisotopic (exact) mass is 773 g/mol. The molecule has 0 aromatic heterocycles. The molecule has 0 N–H and O–H groups in total. The summed E-state index contributed by atoms with van der Waals surface area (Å²) < 4.78 is 43.7. The summed E-state index contributed by atoms with van der Waals surface area (Å²) in [6, 6.07) is 68.6. The van der Waals surface area contributed by atoms with Crippen molar-refractivity contribution in [3.63, 3.8) is 0 Å². The van der Waals surface area contributed by atoms with Gasteiger partial charge in [0.2, 0.25) is 0 Å². The molecule has 9 aromatic carbocycles. The molecule has 1 heterocycles. The summed E-state index contributed by atoms with van der Waals surface area (Å²) in [5.41, 5.74) is 15.5. The van der Waals surface area contributed by atoms with Crippen LogP contribution in [0.3, 0.4) is 0 Å². The van der Waals surface area contributed by atoms with E-state index < -0.39 is 11.5 Å². The van der Waals surface area contributed by atoms with E-state index in [4.69, 9.17) is 6.85 Å². The third kappa shape index (κ3) is 5.48. The number of hydrogen-bond acceptors (Lipinski definition) is 2. The highest BCUT2D eigenvalue weighted by atomic mass is 15.2. The number of fused-ring (bicyclic) bond motifs is 5. The van der Waals surface area contributed by atoms with E-state index in [1.165, 1.54) is 44.5 Å². The van der Waals surface area contributed by atoms with Gasteiger partial charge < -0.3 is 9.80 Å². The Bertz CT molecular complexity index is 3220. The summed E-state index contributed by atoms with van der Waals surface area (Å²) >= 11 is 0. The quantitative estimate of drug-likeness (QED) is 0.159.